The second-order valence-electron chi connectivity index (χ2n) is 5.44. The molecule has 0 radical (unpaired) electrons. The highest BCUT2D eigenvalue weighted by molar-refractivity contribution is 5.51. The predicted molar refractivity (Wildman–Crippen MR) is 71.5 cm³/mol. The van der Waals surface area contributed by atoms with Gasteiger partial charge in [-0.15, -0.1) is 5.10 Å². The fraction of sp³-hybridized carbons (Fsp3) is 0.692. The van der Waals surface area contributed by atoms with Gasteiger partial charge in [-0.3, -0.25) is 0 Å². The van der Waals surface area contributed by atoms with E-state index in [0.29, 0.717) is 13.1 Å². The van der Waals surface area contributed by atoms with Crippen LogP contribution in [0.4, 0.5) is 5.82 Å². The van der Waals surface area contributed by atoms with Gasteiger partial charge in [-0.25, -0.2) is 0 Å². The molecule has 0 aliphatic carbocycles. The van der Waals surface area contributed by atoms with Crippen molar-refractivity contribution in [3.63, 3.8) is 0 Å². The van der Waals surface area contributed by atoms with Crippen LogP contribution in [0.25, 0.3) is 0 Å². The smallest absolute Gasteiger partial charge is 0.156 e. The van der Waals surface area contributed by atoms with E-state index in [0.717, 1.165) is 42.0 Å². The molecule has 0 aromatic carbocycles. The Morgan fingerprint density at radius 3 is 2.72 bits per heavy atom. The molecule has 0 saturated carbocycles. The molecule has 1 aromatic heterocycles. The maximum atomic E-state index is 10.2. The second kappa shape index (κ2) is 4.82. The largest absolute Gasteiger partial charge is 0.388 e. The molecular weight excluding hydrogens is 228 g/mol. The van der Waals surface area contributed by atoms with Crippen LogP contribution in [-0.4, -0.2) is 34.0 Å². The van der Waals surface area contributed by atoms with Crippen LogP contribution in [0, 0.1) is 13.8 Å². The van der Waals surface area contributed by atoms with Crippen molar-refractivity contribution in [2.75, 3.05) is 18.0 Å². The van der Waals surface area contributed by atoms with Crippen molar-refractivity contribution in [3.8, 4) is 0 Å². The summed E-state index contributed by atoms with van der Waals surface area (Å²) in [6.45, 7) is 7.79. The van der Waals surface area contributed by atoms with Crippen molar-refractivity contribution in [3.05, 3.63) is 16.8 Å². The summed E-state index contributed by atoms with van der Waals surface area (Å²) in [7, 11) is 0. The van der Waals surface area contributed by atoms with Crippen molar-refractivity contribution >= 4 is 5.82 Å². The van der Waals surface area contributed by atoms with Gasteiger partial charge in [-0.05, 0) is 39.2 Å². The minimum absolute atomic E-state index is 0.455. The minimum Gasteiger partial charge on any atom is -0.388 e. The SMILES string of the molecule is Cc1nnc(N2CCCC(C)(O)C2)c(CN)c1C. The van der Waals surface area contributed by atoms with Gasteiger partial charge in [0.1, 0.15) is 0 Å². The van der Waals surface area contributed by atoms with Gasteiger partial charge in [0.2, 0.25) is 0 Å². The summed E-state index contributed by atoms with van der Waals surface area (Å²) in [5, 5.41) is 18.6. The maximum absolute atomic E-state index is 10.2. The third-order valence-electron chi connectivity index (χ3n) is 3.74. The molecule has 18 heavy (non-hydrogen) atoms. The molecule has 0 spiro atoms. The third-order valence-corrected chi connectivity index (χ3v) is 3.74. The lowest BCUT2D eigenvalue weighted by atomic mass is 9.94. The van der Waals surface area contributed by atoms with E-state index in [-0.39, 0.29) is 0 Å². The Morgan fingerprint density at radius 1 is 1.39 bits per heavy atom. The van der Waals surface area contributed by atoms with Crippen molar-refractivity contribution in [1.82, 2.24) is 10.2 Å². The molecule has 1 aliphatic heterocycles. The quantitative estimate of drug-likeness (QED) is 0.816. The minimum atomic E-state index is -0.648. The fourth-order valence-corrected chi connectivity index (χ4v) is 2.54. The maximum Gasteiger partial charge on any atom is 0.156 e. The first-order valence-electron chi connectivity index (χ1n) is 6.45. The van der Waals surface area contributed by atoms with Gasteiger partial charge in [-0.1, -0.05) is 0 Å². The zero-order valence-corrected chi connectivity index (χ0v) is 11.4. The Labute approximate surface area is 108 Å². The first-order chi connectivity index (χ1) is 8.44. The van der Waals surface area contributed by atoms with Gasteiger partial charge in [0.05, 0.1) is 11.3 Å². The Morgan fingerprint density at radius 2 is 2.11 bits per heavy atom. The first kappa shape index (κ1) is 13.2. The Hall–Kier alpha value is -1.20. The molecule has 100 valence electrons. The molecule has 1 aliphatic rings. The summed E-state index contributed by atoms with van der Waals surface area (Å²) >= 11 is 0. The van der Waals surface area contributed by atoms with E-state index < -0.39 is 5.60 Å². The summed E-state index contributed by atoms with van der Waals surface area (Å²) in [6.07, 6.45) is 1.80. The summed E-state index contributed by atoms with van der Waals surface area (Å²) in [6, 6.07) is 0. The van der Waals surface area contributed by atoms with Crippen molar-refractivity contribution in [1.29, 1.82) is 0 Å². The zero-order chi connectivity index (χ0) is 13.3. The van der Waals surface area contributed by atoms with Crippen molar-refractivity contribution in [2.45, 2.75) is 45.8 Å². The molecule has 1 saturated heterocycles. The third kappa shape index (κ3) is 2.47. The van der Waals surface area contributed by atoms with Crippen molar-refractivity contribution < 1.29 is 5.11 Å². The number of β-amino-alcohol motifs (C(OH)–C–C–N with tert-alkyl or cyclic N) is 1. The Balaban J connectivity index is 2.36. The Bertz CT molecular complexity index is 445. The highest BCUT2D eigenvalue weighted by atomic mass is 16.3. The molecular formula is C13H22N4O. The molecule has 3 N–H and O–H groups in total. The van der Waals surface area contributed by atoms with E-state index in [1.54, 1.807) is 0 Å². The van der Waals surface area contributed by atoms with Gasteiger partial charge >= 0.3 is 0 Å². The van der Waals surface area contributed by atoms with E-state index in [1.165, 1.54) is 0 Å². The van der Waals surface area contributed by atoms with Crippen LogP contribution in [0.3, 0.4) is 0 Å². The molecule has 0 amide bonds. The summed E-state index contributed by atoms with van der Waals surface area (Å²) in [4.78, 5) is 2.10. The topological polar surface area (TPSA) is 75.3 Å². The summed E-state index contributed by atoms with van der Waals surface area (Å²) < 4.78 is 0. The molecule has 1 unspecified atom stereocenters. The number of aliphatic hydroxyl groups is 1. The summed E-state index contributed by atoms with van der Waals surface area (Å²) in [5.74, 6) is 0.834. The van der Waals surface area contributed by atoms with Gasteiger partial charge in [0.25, 0.3) is 0 Å². The predicted octanol–water partition coefficient (Wildman–Crippen LogP) is 0.903. The molecule has 1 fully saturated rings. The van der Waals surface area contributed by atoms with E-state index in [4.69, 9.17) is 5.73 Å². The highest BCUT2D eigenvalue weighted by Crippen LogP contribution is 2.28. The van der Waals surface area contributed by atoms with E-state index >= 15 is 0 Å². The second-order valence-corrected chi connectivity index (χ2v) is 5.44. The van der Waals surface area contributed by atoms with Crippen LogP contribution >= 0.6 is 0 Å². The molecule has 2 heterocycles. The molecule has 1 aromatic rings. The number of hydrogen-bond donors (Lipinski definition) is 2. The lowest BCUT2D eigenvalue weighted by Gasteiger charge is -2.38. The van der Waals surface area contributed by atoms with Crippen LogP contribution in [0.15, 0.2) is 0 Å². The highest BCUT2D eigenvalue weighted by Gasteiger charge is 2.30. The van der Waals surface area contributed by atoms with Crippen LogP contribution < -0.4 is 10.6 Å². The number of anilines is 1. The Kier molecular flexibility index (Phi) is 3.54. The van der Waals surface area contributed by atoms with Crippen LogP contribution in [0.2, 0.25) is 0 Å². The van der Waals surface area contributed by atoms with Crippen LogP contribution in [0.5, 0.6) is 0 Å². The van der Waals surface area contributed by atoms with Gasteiger partial charge in [0, 0.05) is 25.2 Å². The number of hydrogen-bond acceptors (Lipinski definition) is 5. The van der Waals surface area contributed by atoms with E-state index in [1.807, 2.05) is 20.8 Å². The lowest BCUT2D eigenvalue weighted by molar-refractivity contribution is 0.0446. The van der Waals surface area contributed by atoms with Crippen molar-refractivity contribution in [2.24, 2.45) is 5.73 Å². The average molecular weight is 250 g/mol. The fourth-order valence-electron chi connectivity index (χ4n) is 2.54. The number of nitrogens with two attached hydrogens (primary N) is 1. The average Bonchev–Trinajstić information content (AvgIpc) is 2.31. The molecule has 2 rings (SSSR count). The van der Waals surface area contributed by atoms with E-state index in [2.05, 4.69) is 15.1 Å². The number of nitrogens with zero attached hydrogens (tertiary/aromatic N) is 3. The molecule has 5 heteroatoms. The first-order valence-corrected chi connectivity index (χ1v) is 6.45. The van der Waals surface area contributed by atoms with Gasteiger partial charge < -0.3 is 15.7 Å². The molecule has 1 atom stereocenters. The monoisotopic (exact) mass is 250 g/mol. The standard InChI is InChI=1S/C13H22N4O/c1-9-10(2)15-16-12(11(9)7-14)17-6-4-5-13(3,18)8-17/h18H,4-8,14H2,1-3H3. The number of rotatable bonds is 2. The van der Waals surface area contributed by atoms with Crippen LogP contribution in [0.1, 0.15) is 36.6 Å². The number of aryl methyl sites for hydroxylation is 1. The molecule has 0 bridgehead atoms. The van der Waals surface area contributed by atoms with Gasteiger partial charge in [0.15, 0.2) is 5.82 Å². The van der Waals surface area contributed by atoms with E-state index in [9.17, 15) is 5.11 Å². The number of aromatic nitrogens is 2. The van der Waals surface area contributed by atoms with Gasteiger partial charge in [-0.2, -0.15) is 5.10 Å². The summed E-state index contributed by atoms with van der Waals surface area (Å²) in [5.41, 5.74) is 8.26. The van der Waals surface area contributed by atoms with Crippen LogP contribution in [-0.2, 0) is 6.54 Å². The lowest BCUT2D eigenvalue weighted by Crippen LogP contribution is -2.47. The number of piperidine rings is 1. The zero-order valence-electron chi connectivity index (χ0n) is 11.4. The normalized spacial score (nSPS) is 24.4. The molecule has 5 nitrogen and oxygen atoms in total.